The number of amides is 2. The number of carboxylic acid groups (broad SMARTS) is 1. The lowest BCUT2D eigenvalue weighted by atomic mass is 9.99. The number of hydrogen-bond donors (Lipinski definition) is 3. The van der Waals surface area contributed by atoms with Crippen molar-refractivity contribution in [3.05, 3.63) is 18.2 Å². The smallest absolute Gasteiger partial charge is 0.303 e. The van der Waals surface area contributed by atoms with Crippen LogP contribution in [-0.4, -0.2) is 55.6 Å². The molecular formula is C14H20N4O5. The molecule has 1 aromatic rings. The van der Waals surface area contributed by atoms with Crippen molar-refractivity contribution in [3.8, 4) is 0 Å². The van der Waals surface area contributed by atoms with Gasteiger partial charge in [-0.2, -0.15) is 0 Å². The number of likely N-dealkylation sites (N-methyl/N-ethyl adjacent to an activating group) is 1. The third-order valence-electron chi connectivity index (χ3n) is 4.19. The maximum atomic E-state index is 12.8. The molecule has 9 heteroatoms. The van der Waals surface area contributed by atoms with Crippen LogP contribution in [0.4, 0.5) is 0 Å². The van der Waals surface area contributed by atoms with E-state index in [9.17, 15) is 14.4 Å². The van der Waals surface area contributed by atoms with E-state index in [0.29, 0.717) is 18.5 Å². The number of nitrogens with zero attached hydrogens (tertiary/aromatic N) is 3. The molecular weight excluding hydrogens is 304 g/mol. The third-order valence-corrected chi connectivity index (χ3v) is 4.19. The summed E-state index contributed by atoms with van der Waals surface area (Å²) in [5.74, 6) is -2.18. The van der Waals surface area contributed by atoms with Gasteiger partial charge in [-0.1, -0.05) is 0 Å². The number of carboxylic acids is 1. The summed E-state index contributed by atoms with van der Waals surface area (Å²) >= 11 is 0. The molecule has 1 aromatic heterocycles. The van der Waals surface area contributed by atoms with E-state index < -0.39 is 23.3 Å². The normalized spacial score (nSPS) is 16.5. The Kier molecular flexibility index (Phi) is 4.69. The summed E-state index contributed by atoms with van der Waals surface area (Å²) in [6.45, 7) is 0. The molecule has 1 saturated carbocycles. The quantitative estimate of drug-likeness (QED) is 0.465. The van der Waals surface area contributed by atoms with E-state index >= 15 is 0 Å². The molecule has 0 bridgehead atoms. The summed E-state index contributed by atoms with van der Waals surface area (Å²) < 4.78 is 1.74. The summed E-state index contributed by atoms with van der Waals surface area (Å²) in [5, 5.41) is 17.6. The fourth-order valence-electron chi connectivity index (χ4n) is 2.68. The van der Waals surface area contributed by atoms with E-state index in [4.69, 9.17) is 10.3 Å². The number of hydrogen-bond acceptors (Lipinski definition) is 5. The van der Waals surface area contributed by atoms with Crippen LogP contribution in [0.25, 0.3) is 0 Å². The molecule has 1 aliphatic rings. The van der Waals surface area contributed by atoms with Crippen molar-refractivity contribution in [3.63, 3.8) is 0 Å². The van der Waals surface area contributed by atoms with Gasteiger partial charge >= 0.3 is 5.97 Å². The molecule has 0 saturated heterocycles. The SMILES string of the molecule is CN(C(=O)C1(c2cn(C)cn2)CC1)[C@H](CCC(=O)O)C(=O)NO. The Morgan fingerprint density at radius 1 is 1.48 bits per heavy atom. The van der Waals surface area contributed by atoms with Crippen LogP contribution in [0, 0.1) is 0 Å². The molecule has 1 atom stereocenters. The Hall–Kier alpha value is -2.42. The van der Waals surface area contributed by atoms with Gasteiger partial charge in [0.15, 0.2) is 0 Å². The molecule has 2 rings (SSSR count). The zero-order chi connectivity index (χ0) is 17.2. The topological polar surface area (TPSA) is 125 Å². The van der Waals surface area contributed by atoms with Gasteiger partial charge in [0, 0.05) is 26.7 Å². The van der Waals surface area contributed by atoms with Crippen molar-refractivity contribution in [2.45, 2.75) is 37.1 Å². The fraction of sp³-hybridized carbons (Fsp3) is 0.571. The lowest BCUT2D eigenvalue weighted by molar-refractivity contribution is -0.146. The lowest BCUT2D eigenvalue weighted by Gasteiger charge is -2.29. The second-order valence-corrected chi connectivity index (χ2v) is 5.85. The van der Waals surface area contributed by atoms with Crippen LogP contribution in [0.15, 0.2) is 12.5 Å². The van der Waals surface area contributed by atoms with Crippen molar-refractivity contribution in [1.82, 2.24) is 19.9 Å². The predicted octanol–water partition coefficient (Wildman–Crippen LogP) is -0.351. The van der Waals surface area contributed by atoms with E-state index in [1.807, 2.05) is 0 Å². The number of carbonyl (C=O) groups excluding carboxylic acids is 2. The average molecular weight is 324 g/mol. The van der Waals surface area contributed by atoms with E-state index in [2.05, 4.69) is 4.98 Å². The fourth-order valence-corrected chi connectivity index (χ4v) is 2.68. The van der Waals surface area contributed by atoms with Crippen molar-refractivity contribution in [1.29, 1.82) is 0 Å². The molecule has 1 aliphatic carbocycles. The van der Waals surface area contributed by atoms with Crippen LogP contribution in [0.1, 0.15) is 31.4 Å². The summed E-state index contributed by atoms with van der Waals surface area (Å²) in [4.78, 5) is 40.8. The van der Waals surface area contributed by atoms with Crippen LogP contribution in [0.3, 0.4) is 0 Å². The molecule has 1 heterocycles. The predicted molar refractivity (Wildman–Crippen MR) is 77.5 cm³/mol. The Morgan fingerprint density at radius 3 is 2.57 bits per heavy atom. The number of aliphatic carboxylic acids is 1. The Bertz CT molecular complexity index is 622. The van der Waals surface area contributed by atoms with Crippen LogP contribution in [0.5, 0.6) is 0 Å². The molecule has 126 valence electrons. The maximum Gasteiger partial charge on any atom is 0.303 e. The highest BCUT2D eigenvalue weighted by atomic mass is 16.5. The first-order chi connectivity index (χ1) is 10.8. The van der Waals surface area contributed by atoms with Crippen LogP contribution >= 0.6 is 0 Å². The van der Waals surface area contributed by atoms with Gasteiger partial charge in [-0.3, -0.25) is 19.6 Å². The minimum Gasteiger partial charge on any atom is -0.481 e. The standard InChI is InChI=1S/C14H20N4O5/c1-17-7-10(15-8-17)14(5-6-14)13(22)18(2)9(12(21)16-23)3-4-11(19)20/h7-9,23H,3-6H2,1-2H3,(H,16,21)(H,19,20)/t9-/m1/s1. The molecule has 2 amide bonds. The van der Waals surface area contributed by atoms with Gasteiger partial charge in [0.1, 0.15) is 6.04 Å². The highest BCUT2D eigenvalue weighted by molar-refractivity contribution is 5.94. The summed E-state index contributed by atoms with van der Waals surface area (Å²) in [6.07, 6.45) is 4.25. The van der Waals surface area contributed by atoms with E-state index in [0.717, 1.165) is 0 Å². The molecule has 3 N–H and O–H groups in total. The molecule has 9 nitrogen and oxygen atoms in total. The van der Waals surface area contributed by atoms with Crippen molar-refractivity contribution in [2.24, 2.45) is 7.05 Å². The van der Waals surface area contributed by atoms with Gasteiger partial charge in [0.25, 0.3) is 5.91 Å². The van der Waals surface area contributed by atoms with Gasteiger partial charge in [0.2, 0.25) is 5.91 Å². The number of hydroxylamine groups is 1. The zero-order valence-corrected chi connectivity index (χ0v) is 13.0. The molecule has 0 spiro atoms. The Balaban J connectivity index is 2.18. The number of imidazole rings is 1. The number of carbonyl (C=O) groups is 3. The van der Waals surface area contributed by atoms with Gasteiger partial charge in [-0.05, 0) is 19.3 Å². The van der Waals surface area contributed by atoms with Crippen LogP contribution < -0.4 is 5.48 Å². The first kappa shape index (κ1) is 16.9. The van der Waals surface area contributed by atoms with Crippen molar-refractivity contribution >= 4 is 17.8 Å². The first-order valence-electron chi connectivity index (χ1n) is 7.23. The second-order valence-electron chi connectivity index (χ2n) is 5.85. The minimum atomic E-state index is -1.08. The number of aryl methyl sites for hydroxylation is 1. The molecule has 0 radical (unpaired) electrons. The first-order valence-corrected chi connectivity index (χ1v) is 7.23. The highest BCUT2D eigenvalue weighted by Crippen LogP contribution is 2.49. The van der Waals surface area contributed by atoms with E-state index in [1.165, 1.54) is 17.4 Å². The number of aromatic nitrogens is 2. The number of nitrogens with one attached hydrogen (secondary N) is 1. The molecule has 0 aromatic carbocycles. The van der Waals surface area contributed by atoms with Gasteiger partial charge in [-0.25, -0.2) is 10.5 Å². The van der Waals surface area contributed by atoms with Gasteiger partial charge in [-0.15, -0.1) is 0 Å². The Morgan fingerprint density at radius 2 is 2.13 bits per heavy atom. The largest absolute Gasteiger partial charge is 0.481 e. The van der Waals surface area contributed by atoms with Crippen LogP contribution in [-0.2, 0) is 26.8 Å². The maximum absolute atomic E-state index is 12.8. The minimum absolute atomic E-state index is 0.0811. The van der Waals surface area contributed by atoms with Gasteiger partial charge in [0.05, 0.1) is 17.4 Å². The zero-order valence-electron chi connectivity index (χ0n) is 13.0. The van der Waals surface area contributed by atoms with Crippen LogP contribution in [0.2, 0.25) is 0 Å². The van der Waals surface area contributed by atoms with E-state index in [1.54, 1.807) is 24.1 Å². The number of rotatable bonds is 7. The molecule has 23 heavy (non-hydrogen) atoms. The average Bonchev–Trinajstić information content (AvgIpc) is 3.21. The van der Waals surface area contributed by atoms with E-state index in [-0.39, 0.29) is 18.7 Å². The molecule has 1 fully saturated rings. The summed E-state index contributed by atoms with van der Waals surface area (Å²) in [6, 6.07) is -1.05. The Labute approximate surface area is 132 Å². The summed E-state index contributed by atoms with van der Waals surface area (Å²) in [7, 11) is 3.24. The van der Waals surface area contributed by atoms with Crippen molar-refractivity contribution < 1.29 is 24.7 Å². The second kappa shape index (κ2) is 6.37. The van der Waals surface area contributed by atoms with Gasteiger partial charge < -0.3 is 14.6 Å². The molecule has 0 unspecified atom stereocenters. The monoisotopic (exact) mass is 324 g/mol. The highest BCUT2D eigenvalue weighted by Gasteiger charge is 2.55. The third kappa shape index (κ3) is 3.34. The molecule has 0 aliphatic heterocycles. The summed E-state index contributed by atoms with van der Waals surface area (Å²) in [5.41, 5.74) is 1.38. The van der Waals surface area contributed by atoms with Crippen molar-refractivity contribution in [2.75, 3.05) is 7.05 Å². The lowest BCUT2D eigenvalue weighted by Crippen LogP contribution is -2.50.